The molecule has 0 unspecified atom stereocenters. The first kappa shape index (κ1) is 22.4. The van der Waals surface area contributed by atoms with Gasteiger partial charge in [-0.2, -0.15) is 0 Å². The summed E-state index contributed by atoms with van der Waals surface area (Å²) in [7, 11) is 0. The molecular formula is C34H20N6. The van der Waals surface area contributed by atoms with Crippen molar-refractivity contribution >= 4 is 43.6 Å². The van der Waals surface area contributed by atoms with Gasteiger partial charge in [-0.05, 0) is 18.2 Å². The average molecular weight is 513 g/mol. The SMILES string of the molecule is c1ccc(-c2nc(-c3ccccc3)nc(-c3nc4ccccc4c4nc5c(ccc6cccnc65)cc34)n2)cc1. The molecule has 6 heteroatoms. The molecule has 4 heterocycles. The quantitative estimate of drug-likeness (QED) is 0.179. The Morgan fingerprint density at radius 2 is 1.05 bits per heavy atom. The van der Waals surface area contributed by atoms with Crippen molar-refractivity contribution in [3.05, 3.63) is 121 Å². The second-order valence-electron chi connectivity index (χ2n) is 9.61. The lowest BCUT2D eigenvalue weighted by Crippen LogP contribution is -2.02. The Bertz CT molecular complexity index is 2160. The number of para-hydroxylation sites is 1. The molecule has 8 aromatic rings. The van der Waals surface area contributed by atoms with Gasteiger partial charge in [0.1, 0.15) is 5.69 Å². The highest BCUT2D eigenvalue weighted by Gasteiger charge is 2.19. The first-order valence-corrected chi connectivity index (χ1v) is 13.1. The lowest BCUT2D eigenvalue weighted by molar-refractivity contribution is 1.07. The van der Waals surface area contributed by atoms with E-state index in [4.69, 9.17) is 24.9 Å². The Morgan fingerprint density at radius 3 is 1.80 bits per heavy atom. The molecule has 8 rings (SSSR count). The van der Waals surface area contributed by atoms with E-state index in [0.717, 1.165) is 54.7 Å². The highest BCUT2D eigenvalue weighted by Crippen LogP contribution is 2.35. The predicted octanol–water partition coefficient (Wildman–Crippen LogP) is 7.67. The van der Waals surface area contributed by atoms with Gasteiger partial charge in [0.25, 0.3) is 0 Å². The highest BCUT2D eigenvalue weighted by molar-refractivity contribution is 6.14. The van der Waals surface area contributed by atoms with E-state index in [2.05, 4.69) is 35.3 Å². The van der Waals surface area contributed by atoms with Crippen molar-refractivity contribution in [1.29, 1.82) is 0 Å². The van der Waals surface area contributed by atoms with Crippen LogP contribution in [-0.2, 0) is 0 Å². The summed E-state index contributed by atoms with van der Waals surface area (Å²) in [6.07, 6.45) is 1.81. The van der Waals surface area contributed by atoms with Gasteiger partial charge in [-0.25, -0.2) is 24.9 Å². The van der Waals surface area contributed by atoms with E-state index in [1.807, 2.05) is 91.1 Å². The van der Waals surface area contributed by atoms with E-state index in [-0.39, 0.29) is 0 Å². The van der Waals surface area contributed by atoms with Crippen LogP contribution in [0.25, 0.3) is 77.9 Å². The third kappa shape index (κ3) is 3.66. The molecule has 4 aromatic heterocycles. The molecule has 0 fully saturated rings. The van der Waals surface area contributed by atoms with Crippen LogP contribution < -0.4 is 0 Å². The van der Waals surface area contributed by atoms with Crippen molar-refractivity contribution in [2.75, 3.05) is 0 Å². The number of pyridine rings is 3. The summed E-state index contributed by atoms with van der Waals surface area (Å²) >= 11 is 0. The summed E-state index contributed by atoms with van der Waals surface area (Å²) in [4.78, 5) is 29.7. The molecular weight excluding hydrogens is 492 g/mol. The maximum Gasteiger partial charge on any atom is 0.183 e. The molecule has 0 saturated carbocycles. The van der Waals surface area contributed by atoms with E-state index in [1.165, 1.54) is 0 Å². The third-order valence-electron chi connectivity index (χ3n) is 7.12. The minimum atomic E-state index is 0.503. The Hall–Kier alpha value is -5.62. The van der Waals surface area contributed by atoms with Gasteiger partial charge in [-0.1, -0.05) is 97.1 Å². The maximum atomic E-state index is 5.21. The van der Waals surface area contributed by atoms with Crippen molar-refractivity contribution in [3.63, 3.8) is 0 Å². The molecule has 0 aliphatic rings. The maximum absolute atomic E-state index is 5.21. The molecule has 0 spiro atoms. The number of hydrogen-bond acceptors (Lipinski definition) is 6. The average Bonchev–Trinajstić information content (AvgIpc) is 3.04. The standard InChI is InChI=1S/C34H20N6/c1-3-10-22(11-4-1)32-38-33(23-12-5-2-6-13-23)40-34(39-32)31-26-20-24-18-17-21-14-9-19-35-28(21)29(24)37-30(26)25-15-7-8-16-27(25)36-31/h1-20H. The number of hydrogen-bond donors (Lipinski definition) is 0. The van der Waals surface area contributed by atoms with E-state index in [1.54, 1.807) is 0 Å². The summed E-state index contributed by atoms with van der Waals surface area (Å²) in [5, 5.41) is 3.89. The van der Waals surface area contributed by atoms with Gasteiger partial charge in [0.2, 0.25) is 0 Å². The van der Waals surface area contributed by atoms with Gasteiger partial charge in [-0.3, -0.25) is 4.98 Å². The van der Waals surface area contributed by atoms with Crippen molar-refractivity contribution in [2.45, 2.75) is 0 Å². The van der Waals surface area contributed by atoms with Crippen LogP contribution in [0.15, 0.2) is 121 Å². The number of nitrogens with zero attached hydrogens (tertiary/aromatic N) is 6. The van der Waals surface area contributed by atoms with Crippen LogP contribution in [0, 0.1) is 0 Å². The number of aromatic nitrogens is 6. The van der Waals surface area contributed by atoms with E-state index in [9.17, 15) is 0 Å². The van der Waals surface area contributed by atoms with Gasteiger partial charge in [0.05, 0.1) is 22.1 Å². The first-order valence-electron chi connectivity index (χ1n) is 13.1. The highest BCUT2D eigenvalue weighted by atomic mass is 15.0. The fourth-order valence-electron chi connectivity index (χ4n) is 5.20. The van der Waals surface area contributed by atoms with E-state index in [0.29, 0.717) is 23.2 Å². The van der Waals surface area contributed by atoms with Gasteiger partial charge in [0.15, 0.2) is 17.5 Å². The van der Waals surface area contributed by atoms with Gasteiger partial charge in [0, 0.05) is 38.9 Å². The fraction of sp³-hybridized carbons (Fsp3) is 0. The molecule has 0 aliphatic heterocycles. The Balaban J connectivity index is 1.48. The van der Waals surface area contributed by atoms with Crippen molar-refractivity contribution < 1.29 is 0 Å². The second kappa shape index (κ2) is 8.99. The number of rotatable bonds is 3. The Labute approximate surface area is 229 Å². The van der Waals surface area contributed by atoms with E-state index < -0.39 is 0 Å². The summed E-state index contributed by atoms with van der Waals surface area (Å²) in [6, 6.07) is 38.3. The summed E-state index contributed by atoms with van der Waals surface area (Å²) in [6.45, 7) is 0. The van der Waals surface area contributed by atoms with Crippen LogP contribution in [0.2, 0.25) is 0 Å². The minimum Gasteiger partial charge on any atom is -0.254 e. The predicted molar refractivity (Wildman–Crippen MR) is 160 cm³/mol. The second-order valence-corrected chi connectivity index (χ2v) is 9.61. The Kier molecular flexibility index (Phi) is 5.03. The van der Waals surface area contributed by atoms with Crippen LogP contribution in [-0.4, -0.2) is 29.9 Å². The zero-order chi connectivity index (χ0) is 26.5. The third-order valence-corrected chi connectivity index (χ3v) is 7.12. The van der Waals surface area contributed by atoms with Crippen LogP contribution in [0.4, 0.5) is 0 Å². The molecule has 0 atom stereocenters. The van der Waals surface area contributed by atoms with Crippen molar-refractivity contribution in [1.82, 2.24) is 29.9 Å². The first-order chi connectivity index (χ1) is 19.8. The van der Waals surface area contributed by atoms with Gasteiger partial charge < -0.3 is 0 Å². The normalized spacial score (nSPS) is 11.5. The Morgan fingerprint density at radius 1 is 0.400 bits per heavy atom. The molecule has 0 amide bonds. The van der Waals surface area contributed by atoms with E-state index >= 15 is 0 Å². The van der Waals surface area contributed by atoms with Crippen LogP contribution in [0.5, 0.6) is 0 Å². The lowest BCUT2D eigenvalue weighted by atomic mass is 10.0. The fourth-order valence-corrected chi connectivity index (χ4v) is 5.20. The summed E-state index contributed by atoms with van der Waals surface area (Å²) < 4.78 is 0. The smallest absolute Gasteiger partial charge is 0.183 e. The molecule has 0 N–H and O–H groups in total. The van der Waals surface area contributed by atoms with Crippen molar-refractivity contribution in [3.8, 4) is 34.3 Å². The molecule has 0 aliphatic carbocycles. The minimum absolute atomic E-state index is 0.503. The topological polar surface area (TPSA) is 77.3 Å². The molecule has 186 valence electrons. The molecule has 4 aromatic carbocycles. The molecule has 0 bridgehead atoms. The zero-order valence-corrected chi connectivity index (χ0v) is 21.2. The van der Waals surface area contributed by atoms with Gasteiger partial charge >= 0.3 is 0 Å². The number of fused-ring (bicyclic) bond motifs is 6. The molecule has 6 nitrogen and oxygen atoms in total. The largest absolute Gasteiger partial charge is 0.254 e. The van der Waals surface area contributed by atoms with Crippen LogP contribution in [0.1, 0.15) is 0 Å². The lowest BCUT2D eigenvalue weighted by Gasteiger charge is -2.12. The zero-order valence-electron chi connectivity index (χ0n) is 21.2. The monoisotopic (exact) mass is 512 g/mol. The molecule has 0 saturated heterocycles. The summed E-state index contributed by atoms with van der Waals surface area (Å²) in [5.41, 5.74) is 5.90. The van der Waals surface area contributed by atoms with Crippen molar-refractivity contribution in [2.24, 2.45) is 0 Å². The van der Waals surface area contributed by atoms with Gasteiger partial charge in [-0.15, -0.1) is 0 Å². The summed E-state index contributed by atoms with van der Waals surface area (Å²) in [5.74, 6) is 1.69. The van der Waals surface area contributed by atoms with Crippen LogP contribution >= 0.6 is 0 Å². The molecule has 40 heavy (non-hydrogen) atoms. The molecule has 0 radical (unpaired) electrons. The van der Waals surface area contributed by atoms with Crippen LogP contribution in [0.3, 0.4) is 0 Å². The number of benzene rings is 4.